The Bertz CT molecular complexity index is 510. The van der Waals surface area contributed by atoms with Crippen LogP contribution in [-0.2, 0) is 14.4 Å². The molecule has 2 N–H and O–H groups in total. The van der Waals surface area contributed by atoms with Crippen LogP contribution in [0.1, 0.15) is 12.5 Å². The minimum atomic E-state index is -0.990. The van der Waals surface area contributed by atoms with E-state index in [4.69, 9.17) is 0 Å². The third kappa shape index (κ3) is 2.23. The molecule has 6 heteroatoms. The standard InChI is InChI=1S/C12H13N3O3/c1-7-3-5-9(6-4-7)15-12(18)10(17)11(14-15)13-8(2)16/h3-6,11,14H,1-2H3,(H,13,16). The second kappa shape index (κ2) is 4.58. The number of nitrogens with zero attached hydrogens (tertiary/aromatic N) is 1. The number of hydrazine groups is 1. The third-order valence-electron chi connectivity index (χ3n) is 2.57. The smallest absolute Gasteiger partial charge is 0.312 e. The van der Waals surface area contributed by atoms with Crippen molar-refractivity contribution in [1.82, 2.24) is 10.7 Å². The molecule has 1 aliphatic heterocycles. The van der Waals surface area contributed by atoms with Crippen molar-refractivity contribution in [2.45, 2.75) is 20.0 Å². The Morgan fingerprint density at radius 1 is 1.28 bits per heavy atom. The fourth-order valence-electron chi connectivity index (χ4n) is 1.67. The van der Waals surface area contributed by atoms with E-state index in [9.17, 15) is 14.4 Å². The van der Waals surface area contributed by atoms with Gasteiger partial charge in [-0.15, -0.1) is 0 Å². The average Bonchev–Trinajstić information content (AvgIpc) is 2.58. The largest absolute Gasteiger partial charge is 0.333 e. The normalized spacial score (nSPS) is 19.2. The maximum absolute atomic E-state index is 11.7. The lowest BCUT2D eigenvalue weighted by Gasteiger charge is -2.17. The first-order valence-corrected chi connectivity index (χ1v) is 5.47. The number of Topliss-reactive ketones (excluding diaryl/α,β-unsaturated/α-hetero) is 1. The maximum atomic E-state index is 11.7. The van der Waals surface area contributed by atoms with Gasteiger partial charge in [0.2, 0.25) is 5.91 Å². The van der Waals surface area contributed by atoms with Gasteiger partial charge in [-0.05, 0) is 19.1 Å². The van der Waals surface area contributed by atoms with Gasteiger partial charge in [-0.25, -0.2) is 5.01 Å². The number of nitrogens with one attached hydrogen (secondary N) is 2. The zero-order chi connectivity index (χ0) is 13.3. The predicted molar refractivity (Wildman–Crippen MR) is 64.4 cm³/mol. The van der Waals surface area contributed by atoms with Gasteiger partial charge in [0.25, 0.3) is 5.78 Å². The lowest BCUT2D eigenvalue weighted by Crippen LogP contribution is -2.47. The Morgan fingerprint density at radius 2 is 1.89 bits per heavy atom. The fourth-order valence-corrected chi connectivity index (χ4v) is 1.67. The van der Waals surface area contributed by atoms with E-state index in [0.29, 0.717) is 5.69 Å². The van der Waals surface area contributed by atoms with Crippen LogP contribution < -0.4 is 15.8 Å². The molecule has 94 valence electrons. The molecule has 6 nitrogen and oxygen atoms in total. The van der Waals surface area contributed by atoms with Gasteiger partial charge in [-0.1, -0.05) is 17.7 Å². The lowest BCUT2D eigenvalue weighted by molar-refractivity contribution is -0.135. The van der Waals surface area contributed by atoms with Crippen LogP contribution in [-0.4, -0.2) is 23.8 Å². The molecule has 1 atom stereocenters. The maximum Gasteiger partial charge on any atom is 0.312 e. The third-order valence-corrected chi connectivity index (χ3v) is 2.57. The summed E-state index contributed by atoms with van der Waals surface area (Å²) >= 11 is 0. The van der Waals surface area contributed by atoms with E-state index in [1.54, 1.807) is 12.1 Å². The van der Waals surface area contributed by atoms with E-state index in [2.05, 4.69) is 10.7 Å². The molecule has 0 aliphatic carbocycles. The molecule has 0 bridgehead atoms. The summed E-state index contributed by atoms with van der Waals surface area (Å²) in [4.78, 5) is 34.3. The van der Waals surface area contributed by atoms with E-state index in [1.165, 1.54) is 6.92 Å². The summed E-state index contributed by atoms with van der Waals surface area (Å²) in [6.45, 7) is 3.21. The summed E-state index contributed by atoms with van der Waals surface area (Å²) in [6.07, 6.45) is -0.990. The zero-order valence-corrected chi connectivity index (χ0v) is 10.1. The summed E-state index contributed by atoms with van der Waals surface area (Å²) in [5, 5.41) is 3.51. The number of ketones is 1. The van der Waals surface area contributed by atoms with Crippen LogP contribution in [0.15, 0.2) is 24.3 Å². The van der Waals surface area contributed by atoms with E-state index in [0.717, 1.165) is 10.6 Å². The molecular weight excluding hydrogens is 234 g/mol. The number of rotatable bonds is 2. The van der Waals surface area contributed by atoms with Crippen molar-refractivity contribution in [2.24, 2.45) is 0 Å². The number of amides is 2. The first kappa shape index (κ1) is 12.3. The SMILES string of the molecule is CC(=O)NC1NN(c2ccc(C)cc2)C(=O)C1=O. The highest BCUT2D eigenvalue weighted by Crippen LogP contribution is 2.17. The van der Waals surface area contributed by atoms with Crippen molar-refractivity contribution >= 4 is 23.3 Å². The molecule has 2 rings (SSSR count). The second-order valence-electron chi connectivity index (χ2n) is 4.10. The molecule has 0 radical (unpaired) electrons. The first-order valence-electron chi connectivity index (χ1n) is 5.47. The molecule has 1 aliphatic rings. The molecule has 0 spiro atoms. The van der Waals surface area contributed by atoms with Crippen LogP contribution in [0.25, 0.3) is 0 Å². The molecule has 18 heavy (non-hydrogen) atoms. The number of hydrogen-bond acceptors (Lipinski definition) is 4. The van der Waals surface area contributed by atoms with Crippen LogP contribution in [0, 0.1) is 6.92 Å². The number of aryl methyl sites for hydroxylation is 1. The Morgan fingerprint density at radius 3 is 2.44 bits per heavy atom. The van der Waals surface area contributed by atoms with Gasteiger partial charge in [-0.2, -0.15) is 5.43 Å². The van der Waals surface area contributed by atoms with Gasteiger partial charge in [-0.3, -0.25) is 14.4 Å². The van der Waals surface area contributed by atoms with E-state index in [1.807, 2.05) is 19.1 Å². The van der Waals surface area contributed by atoms with Crippen molar-refractivity contribution < 1.29 is 14.4 Å². The molecule has 1 aromatic carbocycles. The number of benzene rings is 1. The van der Waals surface area contributed by atoms with Crippen LogP contribution in [0.2, 0.25) is 0 Å². The summed E-state index contributed by atoms with van der Waals surface area (Å²) in [5.41, 5.74) is 4.27. The van der Waals surface area contributed by atoms with Crippen LogP contribution in [0.3, 0.4) is 0 Å². The Balaban J connectivity index is 2.21. The van der Waals surface area contributed by atoms with Gasteiger partial charge in [0.05, 0.1) is 5.69 Å². The topological polar surface area (TPSA) is 78.5 Å². The number of hydrogen-bond donors (Lipinski definition) is 2. The highest BCUT2D eigenvalue weighted by molar-refractivity contribution is 6.45. The van der Waals surface area contributed by atoms with Gasteiger partial charge >= 0.3 is 5.91 Å². The number of anilines is 1. The van der Waals surface area contributed by atoms with E-state index >= 15 is 0 Å². The quantitative estimate of drug-likeness (QED) is 0.714. The van der Waals surface area contributed by atoms with Crippen molar-refractivity contribution in [3.05, 3.63) is 29.8 Å². The first-order chi connectivity index (χ1) is 8.49. The second-order valence-corrected chi connectivity index (χ2v) is 4.10. The van der Waals surface area contributed by atoms with Crippen LogP contribution in [0.5, 0.6) is 0 Å². The van der Waals surface area contributed by atoms with Crippen molar-refractivity contribution in [3.8, 4) is 0 Å². The van der Waals surface area contributed by atoms with Crippen LogP contribution >= 0.6 is 0 Å². The highest BCUT2D eigenvalue weighted by Gasteiger charge is 2.39. The van der Waals surface area contributed by atoms with Crippen molar-refractivity contribution in [3.63, 3.8) is 0 Å². The van der Waals surface area contributed by atoms with Crippen LogP contribution in [0.4, 0.5) is 5.69 Å². The summed E-state index contributed by atoms with van der Waals surface area (Å²) < 4.78 is 0. The summed E-state index contributed by atoms with van der Waals surface area (Å²) in [7, 11) is 0. The molecule has 1 heterocycles. The van der Waals surface area contributed by atoms with Gasteiger partial charge in [0, 0.05) is 6.92 Å². The van der Waals surface area contributed by atoms with Crippen molar-refractivity contribution in [1.29, 1.82) is 0 Å². The molecule has 1 aromatic rings. The number of carbonyl (C=O) groups is 3. The average molecular weight is 247 g/mol. The lowest BCUT2D eigenvalue weighted by atomic mass is 10.2. The monoisotopic (exact) mass is 247 g/mol. The van der Waals surface area contributed by atoms with Crippen molar-refractivity contribution in [2.75, 3.05) is 5.01 Å². The van der Waals surface area contributed by atoms with Gasteiger partial charge in [0.1, 0.15) is 0 Å². The van der Waals surface area contributed by atoms with Gasteiger partial charge < -0.3 is 5.32 Å². The highest BCUT2D eigenvalue weighted by atomic mass is 16.2. The Hall–Kier alpha value is -2.21. The summed E-state index contributed by atoms with van der Waals surface area (Å²) in [6, 6.07) is 7.12. The Kier molecular flexibility index (Phi) is 3.12. The van der Waals surface area contributed by atoms with E-state index in [-0.39, 0.29) is 5.91 Å². The molecule has 1 saturated heterocycles. The zero-order valence-electron chi connectivity index (χ0n) is 10.1. The molecule has 0 aromatic heterocycles. The minimum Gasteiger partial charge on any atom is -0.333 e. The molecule has 1 unspecified atom stereocenters. The predicted octanol–water partition coefficient (Wildman–Crippen LogP) is -0.122. The van der Waals surface area contributed by atoms with Gasteiger partial charge in [0.15, 0.2) is 6.17 Å². The molecule has 2 amide bonds. The van der Waals surface area contributed by atoms with E-state index < -0.39 is 17.9 Å². The Labute approximate surface area is 104 Å². The molecule has 0 saturated carbocycles. The molecule has 1 fully saturated rings. The molecular formula is C12H13N3O3. The minimum absolute atomic E-state index is 0.376. The fraction of sp³-hybridized carbons (Fsp3) is 0.250. The summed E-state index contributed by atoms with van der Waals surface area (Å²) in [5.74, 6) is -1.73. The number of carbonyl (C=O) groups excluding carboxylic acids is 3.